The van der Waals surface area contributed by atoms with Crippen molar-refractivity contribution in [1.82, 2.24) is 14.9 Å². The fourth-order valence-corrected chi connectivity index (χ4v) is 5.04. The number of sulfone groups is 1. The Bertz CT molecular complexity index is 1470. The third-order valence-electron chi connectivity index (χ3n) is 5.44. The molecule has 0 aliphatic carbocycles. The lowest BCUT2D eigenvalue weighted by Gasteiger charge is -2.29. The number of rotatable bonds is 7. The molecule has 10 heteroatoms. The molecule has 2 aromatic carbocycles. The summed E-state index contributed by atoms with van der Waals surface area (Å²) in [7, 11) is -3.64. The molecule has 0 saturated heterocycles. The Kier molecular flexibility index (Phi) is 7.01. The second-order valence-electron chi connectivity index (χ2n) is 9.22. The first-order chi connectivity index (χ1) is 16.4. The Morgan fingerprint density at radius 3 is 2.49 bits per heavy atom. The summed E-state index contributed by atoms with van der Waals surface area (Å²) in [5, 5.41) is 4.84. The summed E-state index contributed by atoms with van der Waals surface area (Å²) in [6, 6.07) is 16.4. The maximum atomic E-state index is 14.8. The van der Waals surface area contributed by atoms with Crippen molar-refractivity contribution in [1.29, 1.82) is 0 Å². The molecule has 0 aliphatic heterocycles. The lowest BCUT2D eigenvalue weighted by Crippen LogP contribution is -2.42. The number of aromatic nitrogens is 2. The second-order valence-corrected chi connectivity index (χ2v) is 13.2. The first-order valence-corrected chi connectivity index (χ1v) is 14.0. The second kappa shape index (κ2) is 9.69. The molecular formula is C25H26FN3O4S2. The fourth-order valence-electron chi connectivity index (χ4n) is 3.63. The molecule has 1 N–H and O–H groups in total. The molecule has 2 aromatic heterocycles. The van der Waals surface area contributed by atoms with Crippen LogP contribution in [0.15, 0.2) is 70.2 Å². The number of pyridine rings is 1. The molecule has 2 heterocycles. The first-order valence-electron chi connectivity index (χ1n) is 10.9. The summed E-state index contributed by atoms with van der Waals surface area (Å²) >= 11 is -1.52. The summed E-state index contributed by atoms with van der Waals surface area (Å²) in [6.45, 7) is 5.48. The number of fused-ring (bicyclic) bond motifs is 1. The van der Waals surface area contributed by atoms with Crippen LogP contribution < -0.4 is 4.72 Å². The molecule has 0 spiro atoms. The topological polar surface area (TPSA) is 108 Å². The Labute approximate surface area is 207 Å². The molecule has 2 atom stereocenters. The standard InChI is InChI=1S/C25H26FN3O4S2/c1-25(2,3)34(30)29-20(15-21-19(26)13-14-23(27-21)35(4,31)32)16-9-5-6-10-17(16)24-18-11-7-8-12-22(18)33-28-24/h5-14,20,29H,15H2,1-4H3/t20?,34-/m0/s1. The summed E-state index contributed by atoms with van der Waals surface area (Å²) in [5.41, 5.74) is 2.60. The van der Waals surface area contributed by atoms with Gasteiger partial charge in [-0.3, -0.25) is 0 Å². The zero-order chi connectivity index (χ0) is 25.4. The van der Waals surface area contributed by atoms with E-state index >= 15 is 0 Å². The lowest BCUT2D eigenvalue weighted by molar-refractivity contribution is 0.459. The van der Waals surface area contributed by atoms with E-state index in [2.05, 4.69) is 14.9 Å². The van der Waals surface area contributed by atoms with Crippen molar-refractivity contribution in [3.8, 4) is 11.3 Å². The molecule has 0 bridgehead atoms. The van der Waals surface area contributed by atoms with Crippen LogP contribution in [0.3, 0.4) is 0 Å². The molecule has 1 unspecified atom stereocenters. The molecule has 0 aliphatic rings. The van der Waals surface area contributed by atoms with Gasteiger partial charge >= 0.3 is 0 Å². The number of benzene rings is 2. The van der Waals surface area contributed by atoms with Gasteiger partial charge in [-0.05, 0) is 50.6 Å². The summed E-state index contributed by atoms with van der Waals surface area (Å²) < 4.78 is 60.0. The van der Waals surface area contributed by atoms with Crippen molar-refractivity contribution in [2.75, 3.05) is 6.26 Å². The number of nitrogens with zero attached hydrogens (tertiary/aromatic N) is 2. The molecule has 0 radical (unpaired) electrons. The molecular weight excluding hydrogens is 489 g/mol. The summed E-state index contributed by atoms with van der Waals surface area (Å²) in [5.74, 6) is -0.643. The van der Waals surface area contributed by atoms with Crippen LogP contribution in [0, 0.1) is 5.82 Å². The zero-order valence-electron chi connectivity index (χ0n) is 19.8. The van der Waals surface area contributed by atoms with Gasteiger partial charge < -0.3 is 9.08 Å². The number of para-hydroxylation sites is 1. The van der Waals surface area contributed by atoms with Gasteiger partial charge in [0.25, 0.3) is 0 Å². The Morgan fingerprint density at radius 1 is 1.09 bits per heavy atom. The highest BCUT2D eigenvalue weighted by molar-refractivity contribution is 7.91. The molecule has 4 rings (SSSR count). The SMILES string of the molecule is CC(C)(C)[S@+]([O-])NC(Cc1nc(S(C)(=O)=O)ccc1F)c1ccccc1-c1noc2ccccc12. The fraction of sp³-hybridized carbons (Fsp3) is 0.280. The van der Waals surface area contributed by atoms with Crippen LogP contribution in [-0.4, -0.2) is 34.1 Å². The Hall–Kier alpha value is -2.79. The van der Waals surface area contributed by atoms with Crippen molar-refractivity contribution >= 4 is 32.2 Å². The number of hydrogen-bond acceptors (Lipinski definition) is 7. The van der Waals surface area contributed by atoms with Crippen LogP contribution in [0.5, 0.6) is 0 Å². The lowest BCUT2D eigenvalue weighted by atomic mass is 9.94. The van der Waals surface area contributed by atoms with Gasteiger partial charge in [0.1, 0.15) is 16.3 Å². The first kappa shape index (κ1) is 25.3. The third-order valence-corrected chi connectivity index (χ3v) is 8.04. The van der Waals surface area contributed by atoms with E-state index < -0.39 is 37.8 Å². The van der Waals surface area contributed by atoms with E-state index in [0.717, 1.165) is 29.3 Å². The van der Waals surface area contributed by atoms with Gasteiger partial charge in [0.15, 0.2) is 20.4 Å². The van der Waals surface area contributed by atoms with E-state index in [1.165, 1.54) is 0 Å². The highest BCUT2D eigenvalue weighted by atomic mass is 32.2. The van der Waals surface area contributed by atoms with Crippen molar-refractivity contribution < 1.29 is 21.9 Å². The van der Waals surface area contributed by atoms with E-state index in [-0.39, 0.29) is 17.1 Å². The third kappa shape index (κ3) is 5.56. The van der Waals surface area contributed by atoms with Crippen LogP contribution in [0.4, 0.5) is 4.39 Å². The van der Waals surface area contributed by atoms with Gasteiger partial charge in [0.05, 0.1) is 11.7 Å². The van der Waals surface area contributed by atoms with Crippen molar-refractivity contribution in [3.63, 3.8) is 0 Å². The molecule has 0 fully saturated rings. The normalized spacial score (nSPS) is 14.2. The minimum absolute atomic E-state index is 0.0379. The number of halogens is 1. The minimum Gasteiger partial charge on any atom is -0.598 e. The quantitative estimate of drug-likeness (QED) is 0.353. The van der Waals surface area contributed by atoms with E-state index in [1.807, 2.05) is 69.3 Å². The molecule has 0 amide bonds. The molecule has 184 valence electrons. The zero-order valence-corrected chi connectivity index (χ0v) is 21.4. The smallest absolute Gasteiger partial charge is 0.192 e. The van der Waals surface area contributed by atoms with Crippen molar-refractivity contribution in [3.05, 3.63) is 77.7 Å². The average molecular weight is 516 g/mol. The highest BCUT2D eigenvalue weighted by Gasteiger charge is 2.32. The maximum absolute atomic E-state index is 14.8. The largest absolute Gasteiger partial charge is 0.598 e. The van der Waals surface area contributed by atoms with Gasteiger partial charge in [-0.15, -0.1) is 4.72 Å². The molecule has 4 aromatic rings. The van der Waals surface area contributed by atoms with Crippen LogP contribution in [0.25, 0.3) is 22.2 Å². The van der Waals surface area contributed by atoms with Crippen molar-refractivity contribution in [2.45, 2.75) is 43.0 Å². The molecule has 7 nitrogen and oxygen atoms in total. The van der Waals surface area contributed by atoms with Crippen LogP contribution in [0.2, 0.25) is 0 Å². The highest BCUT2D eigenvalue weighted by Crippen LogP contribution is 2.35. The van der Waals surface area contributed by atoms with Crippen LogP contribution >= 0.6 is 0 Å². The van der Waals surface area contributed by atoms with Crippen LogP contribution in [0.1, 0.15) is 38.1 Å². The van der Waals surface area contributed by atoms with E-state index in [4.69, 9.17) is 4.52 Å². The Balaban J connectivity index is 1.84. The van der Waals surface area contributed by atoms with E-state index in [9.17, 15) is 17.4 Å². The number of hydrogen-bond donors (Lipinski definition) is 1. The average Bonchev–Trinajstić information content (AvgIpc) is 3.22. The maximum Gasteiger partial charge on any atom is 0.192 e. The predicted molar refractivity (Wildman–Crippen MR) is 134 cm³/mol. The van der Waals surface area contributed by atoms with E-state index in [1.54, 1.807) is 0 Å². The van der Waals surface area contributed by atoms with Crippen molar-refractivity contribution in [2.24, 2.45) is 0 Å². The van der Waals surface area contributed by atoms with E-state index in [0.29, 0.717) is 16.8 Å². The minimum atomic E-state index is -3.64. The summed E-state index contributed by atoms with van der Waals surface area (Å²) in [4.78, 5) is 4.08. The van der Waals surface area contributed by atoms with Gasteiger partial charge in [-0.2, -0.15) is 0 Å². The van der Waals surface area contributed by atoms with Crippen LogP contribution in [-0.2, 0) is 27.6 Å². The van der Waals surface area contributed by atoms with Gasteiger partial charge in [-0.25, -0.2) is 17.8 Å². The van der Waals surface area contributed by atoms with Gasteiger partial charge in [0.2, 0.25) is 0 Å². The predicted octanol–water partition coefficient (Wildman–Crippen LogP) is 4.77. The monoisotopic (exact) mass is 515 g/mol. The molecule has 0 saturated carbocycles. The Morgan fingerprint density at radius 2 is 1.77 bits per heavy atom. The number of nitrogens with one attached hydrogen (secondary N) is 1. The van der Waals surface area contributed by atoms with Gasteiger partial charge in [-0.1, -0.05) is 41.6 Å². The molecule has 35 heavy (non-hydrogen) atoms. The van der Waals surface area contributed by atoms with Gasteiger partial charge in [0, 0.05) is 35.0 Å². The summed E-state index contributed by atoms with van der Waals surface area (Å²) in [6.07, 6.45) is 0.982.